The maximum atomic E-state index is 4.61. The van der Waals surface area contributed by atoms with Gasteiger partial charge in [-0.1, -0.05) is 0 Å². The third kappa shape index (κ3) is 2.07. The molecule has 0 unspecified atom stereocenters. The zero-order valence-electron chi connectivity index (χ0n) is 9.00. The molecule has 0 amide bonds. The Morgan fingerprint density at radius 2 is 2.29 bits per heavy atom. The van der Waals surface area contributed by atoms with E-state index in [1.54, 1.807) is 11.3 Å². The lowest BCUT2D eigenvalue weighted by Gasteiger charge is -2.20. The van der Waals surface area contributed by atoms with Crippen LogP contribution < -0.4 is 5.32 Å². The number of fused-ring (bicyclic) bond motifs is 1. The number of nitrogens with zero attached hydrogens (tertiary/aromatic N) is 2. The molecule has 1 aliphatic rings. The number of nitrogens with one attached hydrogen (secondary N) is 1. The first-order chi connectivity index (χ1) is 6.65. The zero-order valence-corrected chi connectivity index (χ0v) is 9.82. The molecule has 0 spiro atoms. The summed E-state index contributed by atoms with van der Waals surface area (Å²) in [5.74, 6) is 0. The molecule has 4 heteroatoms. The van der Waals surface area contributed by atoms with Gasteiger partial charge in [-0.3, -0.25) is 0 Å². The first-order valence-corrected chi connectivity index (χ1v) is 5.90. The van der Waals surface area contributed by atoms with Crippen molar-refractivity contribution >= 4 is 16.5 Å². The summed E-state index contributed by atoms with van der Waals surface area (Å²) in [6.45, 7) is 6.49. The Balaban J connectivity index is 2.15. The monoisotopic (exact) mass is 211 g/mol. The van der Waals surface area contributed by atoms with Crippen LogP contribution in [0, 0.1) is 0 Å². The van der Waals surface area contributed by atoms with E-state index in [1.165, 1.54) is 10.6 Å². The largest absolute Gasteiger partial charge is 0.359 e. The number of aromatic nitrogens is 1. The number of likely N-dealkylation sites (N-methyl/N-ethyl adjacent to an activating group) is 1. The number of rotatable bonds is 2. The van der Waals surface area contributed by atoms with Crippen molar-refractivity contribution in [2.45, 2.75) is 32.9 Å². The maximum Gasteiger partial charge on any atom is 0.183 e. The Morgan fingerprint density at radius 1 is 1.50 bits per heavy atom. The highest BCUT2D eigenvalue weighted by Gasteiger charge is 2.18. The van der Waals surface area contributed by atoms with E-state index in [-0.39, 0.29) is 0 Å². The van der Waals surface area contributed by atoms with Crippen LogP contribution in [0.5, 0.6) is 0 Å². The van der Waals surface area contributed by atoms with E-state index in [0.717, 1.165) is 24.6 Å². The summed E-state index contributed by atoms with van der Waals surface area (Å²) in [6, 6.07) is 0.473. The summed E-state index contributed by atoms with van der Waals surface area (Å²) in [7, 11) is 2.16. The number of hydrogen-bond donors (Lipinski definition) is 1. The predicted molar refractivity (Wildman–Crippen MR) is 60.9 cm³/mol. The molecule has 0 saturated carbocycles. The van der Waals surface area contributed by atoms with Crippen LogP contribution in [0.3, 0.4) is 0 Å². The number of anilines is 1. The Kier molecular flexibility index (Phi) is 2.74. The molecule has 0 fully saturated rings. The van der Waals surface area contributed by atoms with E-state index in [2.05, 4.69) is 36.1 Å². The summed E-state index contributed by atoms with van der Waals surface area (Å²) in [6.07, 6.45) is 1.10. The molecule has 0 radical (unpaired) electrons. The second-order valence-corrected chi connectivity index (χ2v) is 5.26. The molecule has 0 aromatic carbocycles. The van der Waals surface area contributed by atoms with Gasteiger partial charge in [-0.25, -0.2) is 4.98 Å². The summed E-state index contributed by atoms with van der Waals surface area (Å²) in [5, 5.41) is 4.45. The molecule has 78 valence electrons. The molecule has 1 aliphatic heterocycles. The molecule has 2 rings (SSSR count). The summed E-state index contributed by atoms with van der Waals surface area (Å²) < 4.78 is 0. The van der Waals surface area contributed by atoms with Gasteiger partial charge in [0.05, 0.1) is 5.69 Å². The van der Waals surface area contributed by atoms with Crippen LogP contribution in [0.1, 0.15) is 24.4 Å². The lowest BCUT2D eigenvalue weighted by Crippen LogP contribution is -2.25. The first kappa shape index (κ1) is 9.93. The molecule has 1 N–H and O–H groups in total. The van der Waals surface area contributed by atoms with Crippen molar-refractivity contribution in [3.8, 4) is 0 Å². The fourth-order valence-electron chi connectivity index (χ4n) is 1.63. The Labute approximate surface area is 89.1 Å². The molecule has 1 aromatic heterocycles. The minimum Gasteiger partial charge on any atom is -0.359 e. The van der Waals surface area contributed by atoms with Crippen LogP contribution in [0.2, 0.25) is 0 Å². The third-order valence-corrected chi connectivity index (χ3v) is 3.35. The molecule has 0 atom stereocenters. The van der Waals surface area contributed by atoms with Gasteiger partial charge in [-0.2, -0.15) is 0 Å². The fourth-order valence-corrected chi connectivity index (χ4v) is 2.87. The summed E-state index contributed by atoms with van der Waals surface area (Å²) >= 11 is 1.80. The van der Waals surface area contributed by atoms with Crippen molar-refractivity contribution < 1.29 is 0 Å². The van der Waals surface area contributed by atoms with Gasteiger partial charge >= 0.3 is 0 Å². The Morgan fingerprint density at radius 3 is 3.00 bits per heavy atom. The number of hydrogen-bond acceptors (Lipinski definition) is 4. The predicted octanol–water partition coefficient (Wildman–Crippen LogP) is 1.95. The quantitative estimate of drug-likeness (QED) is 0.810. The molecule has 2 heterocycles. The van der Waals surface area contributed by atoms with Crippen LogP contribution >= 0.6 is 11.3 Å². The van der Waals surface area contributed by atoms with Crippen molar-refractivity contribution in [3.05, 3.63) is 10.6 Å². The Hall–Kier alpha value is -0.610. The van der Waals surface area contributed by atoms with Crippen LogP contribution in [-0.4, -0.2) is 29.5 Å². The topological polar surface area (TPSA) is 28.2 Å². The normalized spacial score (nSPS) is 17.1. The Bertz CT molecular complexity index is 319. The van der Waals surface area contributed by atoms with Gasteiger partial charge in [0.2, 0.25) is 0 Å². The molecular formula is C10H17N3S. The fraction of sp³-hybridized carbons (Fsp3) is 0.700. The van der Waals surface area contributed by atoms with Gasteiger partial charge < -0.3 is 10.2 Å². The minimum atomic E-state index is 0.473. The van der Waals surface area contributed by atoms with Crippen molar-refractivity contribution in [2.24, 2.45) is 0 Å². The van der Waals surface area contributed by atoms with Gasteiger partial charge in [0, 0.05) is 30.4 Å². The van der Waals surface area contributed by atoms with Crippen molar-refractivity contribution in [2.75, 3.05) is 18.9 Å². The summed E-state index contributed by atoms with van der Waals surface area (Å²) in [4.78, 5) is 8.39. The van der Waals surface area contributed by atoms with E-state index in [0.29, 0.717) is 6.04 Å². The average Bonchev–Trinajstić information content (AvgIpc) is 2.44. The average molecular weight is 211 g/mol. The van der Waals surface area contributed by atoms with Crippen molar-refractivity contribution in [1.82, 2.24) is 9.88 Å². The van der Waals surface area contributed by atoms with Crippen molar-refractivity contribution in [3.63, 3.8) is 0 Å². The molecule has 1 aromatic rings. The highest BCUT2D eigenvalue weighted by Crippen LogP contribution is 2.27. The summed E-state index contributed by atoms with van der Waals surface area (Å²) in [5.41, 5.74) is 1.30. The standard InChI is InChI=1S/C10H17N3S/c1-7(2)11-10-12-8-4-5-13(3)6-9(8)14-10/h7H,4-6H2,1-3H3,(H,11,12). The van der Waals surface area contributed by atoms with Gasteiger partial charge in [0.25, 0.3) is 0 Å². The molecule has 0 saturated heterocycles. The van der Waals surface area contributed by atoms with E-state index in [9.17, 15) is 0 Å². The maximum absolute atomic E-state index is 4.61. The highest BCUT2D eigenvalue weighted by atomic mass is 32.1. The molecule has 0 aliphatic carbocycles. The van der Waals surface area contributed by atoms with Crippen LogP contribution in [0.25, 0.3) is 0 Å². The number of thiazole rings is 1. The SMILES string of the molecule is CC(C)Nc1nc2c(s1)CN(C)CC2. The lowest BCUT2D eigenvalue weighted by molar-refractivity contribution is 0.314. The van der Waals surface area contributed by atoms with Gasteiger partial charge in [-0.05, 0) is 20.9 Å². The van der Waals surface area contributed by atoms with Crippen LogP contribution in [0.4, 0.5) is 5.13 Å². The molecule has 0 bridgehead atoms. The lowest BCUT2D eigenvalue weighted by atomic mass is 10.2. The van der Waals surface area contributed by atoms with Crippen LogP contribution in [-0.2, 0) is 13.0 Å². The van der Waals surface area contributed by atoms with Gasteiger partial charge in [0.15, 0.2) is 5.13 Å². The van der Waals surface area contributed by atoms with E-state index in [1.807, 2.05) is 0 Å². The molecule has 14 heavy (non-hydrogen) atoms. The van der Waals surface area contributed by atoms with Gasteiger partial charge in [0.1, 0.15) is 0 Å². The second-order valence-electron chi connectivity index (χ2n) is 4.18. The highest BCUT2D eigenvalue weighted by molar-refractivity contribution is 7.15. The van der Waals surface area contributed by atoms with Gasteiger partial charge in [-0.15, -0.1) is 11.3 Å². The minimum absolute atomic E-state index is 0.473. The van der Waals surface area contributed by atoms with E-state index >= 15 is 0 Å². The molecule has 3 nitrogen and oxygen atoms in total. The van der Waals surface area contributed by atoms with E-state index < -0.39 is 0 Å². The van der Waals surface area contributed by atoms with Crippen molar-refractivity contribution in [1.29, 1.82) is 0 Å². The first-order valence-electron chi connectivity index (χ1n) is 5.09. The third-order valence-electron chi connectivity index (χ3n) is 2.33. The van der Waals surface area contributed by atoms with E-state index in [4.69, 9.17) is 0 Å². The smallest absolute Gasteiger partial charge is 0.183 e. The van der Waals surface area contributed by atoms with Crippen LogP contribution in [0.15, 0.2) is 0 Å². The molecular weight excluding hydrogens is 194 g/mol. The zero-order chi connectivity index (χ0) is 10.1. The second kappa shape index (κ2) is 3.87.